The summed E-state index contributed by atoms with van der Waals surface area (Å²) in [5, 5.41) is 0.942. The fourth-order valence-corrected chi connectivity index (χ4v) is 3.50. The minimum atomic E-state index is 0.193. The van der Waals surface area contributed by atoms with E-state index in [4.69, 9.17) is 33.7 Å². The molecule has 0 aliphatic heterocycles. The van der Waals surface area contributed by atoms with Crippen LogP contribution in [0.4, 0.5) is 5.69 Å². The third kappa shape index (κ3) is 3.70. The fraction of sp³-hybridized carbons (Fsp3) is 0.600. The number of hydrogen-bond donors (Lipinski definition) is 1. The quantitative estimate of drug-likeness (QED) is 0.765. The molecule has 2 atom stereocenters. The Morgan fingerprint density at radius 3 is 2.47 bits per heavy atom. The highest BCUT2D eigenvalue weighted by Gasteiger charge is 2.33. The summed E-state index contributed by atoms with van der Waals surface area (Å²) in [5.41, 5.74) is 6.80. The number of hydrogen-bond acceptors (Lipinski definition) is 2. The Bertz CT molecular complexity index is 473. The predicted molar refractivity (Wildman–Crippen MR) is 82.1 cm³/mol. The maximum absolute atomic E-state index is 6.06. The predicted octanol–water partition coefficient (Wildman–Crippen LogP) is 5.17. The van der Waals surface area contributed by atoms with Crippen molar-refractivity contribution in [3.63, 3.8) is 0 Å². The van der Waals surface area contributed by atoms with E-state index in [1.54, 1.807) is 12.1 Å². The van der Waals surface area contributed by atoms with Gasteiger partial charge in [-0.2, -0.15) is 0 Å². The topological polar surface area (TPSA) is 35.2 Å². The van der Waals surface area contributed by atoms with Gasteiger partial charge in [-0.05, 0) is 36.7 Å². The fourth-order valence-electron chi connectivity index (χ4n) is 3.17. The molecule has 106 valence electrons. The van der Waals surface area contributed by atoms with Crippen molar-refractivity contribution in [2.45, 2.75) is 46.1 Å². The molecule has 0 bridgehead atoms. The molecule has 2 nitrogen and oxygen atoms in total. The monoisotopic (exact) mass is 301 g/mol. The molecule has 1 aliphatic rings. The Hall–Kier alpha value is -0.600. The third-order valence-corrected chi connectivity index (χ3v) is 4.42. The van der Waals surface area contributed by atoms with Gasteiger partial charge in [0, 0.05) is 6.07 Å². The SMILES string of the molecule is CC1CC(Oc2cc(Cl)c(Cl)cc2N)CC(C)(C)C1. The highest BCUT2D eigenvalue weighted by Crippen LogP contribution is 2.41. The van der Waals surface area contributed by atoms with Crippen LogP contribution in [-0.2, 0) is 0 Å². The van der Waals surface area contributed by atoms with Gasteiger partial charge in [0.15, 0.2) is 0 Å². The van der Waals surface area contributed by atoms with Crippen molar-refractivity contribution >= 4 is 28.9 Å². The van der Waals surface area contributed by atoms with E-state index in [0.717, 1.165) is 12.8 Å². The van der Waals surface area contributed by atoms with Crippen molar-refractivity contribution < 1.29 is 4.74 Å². The van der Waals surface area contributed by atoms with E-state index in [1.807, 2.05) is 0 Å². The van der Waals surface area contributed by atoms with Gasteiger partial charge in [-0.15, -0.1) is 0 Å². The van der Waals surface area contributed by atoms with Crippen molar-refractivity contribution in [3.8, 4) is 5.75 Å². The molecule has 0 saturated heterocycles. The lowest BCUT2D eigenvalue weighted by atomic mass is 9.71. The second-order valence-corrected chi connectivity index (χ2v) is 7.27. The van der Waals surface area contributed by atoms with Gasteiger partial charge in [0.05, 0.1) is 21.8 Å². The Morgan fingerprint density at radius 2 is 1.84 bits per heavy atom. The molecule has 0 amide bonds. The first-order valence-electron chi connectivity index (χ1n) is 6.68. The normalized spacial score (nSPS) is 26.2. The lowest BCUT2D eigenvalue weighted by molar-refractivity contribution is 0.0567. The van der Waals surface area contributed by atoms with Crippen LogP contribution in [0.25, 0.3) is 0 Å². The van der Waals surface area contributed by atoms with E-state index in [0.29, 0.717) is 32.8 Å². The number of halogens is 2. The van der Waals surface area contributed by atoms with Crippen molar-refractivity contribution in [2.24, 2.45) is 11.3 Å². The molecule has 0 heterocycles. The van der Waals surface area contributed by atoms with E-state index in [2.05, 4.69) is 20.8 Å². The molecule has 1 aromatic rings. The van der Waals surface area contributed by atoms with Crippen LogP contribution in [-0.4, -0.2) is 6.10 Å². The summed E-state index contributed by atoms with van der Waals surface area (Å²) in [4.78, 5) is 0. The molecule has 1 saturated carbocycles. The van der Waals surface area contributed by atoms with E-state index in [1.165, 1.54) is 6.42 Å². The molecule has 0 spiro atoms. The minimum absolute atomic E-state index is 0.193. The van der Waals surface area contributed by atoms with E-state index >= 15 is 0 Å². The molecular weight excluding hydrogens is 281 g/mol. The van der Waals surface area contributed by atoms with Gasteiger partial charge in [-0.3, -0.25) is 0 Å². The van der Waals surface area contributed by atoms with Crippen LogP contribution in [0.2, 0.25) is 10.0 Å². The summed E-state index contributed by atoms with van der Waals surface area (Å²) in [6.45, 7) is 6.85. The molecule has 0 aromatic heterocycles. The van der Waals surface area contributed by atoms with Crippen LogP contribution in [0, 0.1) is 11.3 Å². The van der Waals surface area contributed by atoms with Gasteiger partial charge >= 0.3 is 0 Å². The number of nitrogen functional groups attached to an aromatic ring is 1. The summed E-state index contributed by atoms with van der Waals surface area (Å²) in [6.07, 6.45) is 3.53. The summed E-state index contributed by atoms with van der Waals surface area (Å²) in [7, 11) is 0. The molecule has 4 heteroatoms. The third-order valence-electron chi connectivity index (χ3n) is 3.69. The second-order valence-electron chi connectivity index (χ2n) is 6.46. The number of anilines is 1. The molecule has 2 unspecified atom stereocenters. The maximum atomic E-state index is 6.06. The van der Waals surface area contributed by atoms with Crippen LogP contribution in [0.3, 0.4) is 0 Å². The van der Waals surface area contributed by atoms with Crippen LogP contribution < -0.4 is 10.5 Å². The Kier molecular flexibility index (Phi) is 4.22. The average molecular weight is 302 g/mol. The van der Waals surface area contributed by atoms with Gasteiger partial charge in [0.25, 0.3) is 0 Å². The van der Waals surface area contributed by atoms with Gasteiger partial charge < -0.3 is 10.5 Å². The van der Waals surface area contributed by atoms with Gasteiger partial charge in [-0.1, -0.05) is 44.0 Å². The standard InChI is InChI=1S/C15H21Cl2NO/c1-9-4-10(8-15(2,3)7-9)19-14-6-12(17)11(16)5-13(14)18/h5-6,9-10H,4,7-8,18H2,1-3H3. The van der Waals surface area contributed by atoms with Crippen LogP contribution in [0.1, 0.15) is 40.0 Å². The Labute approximate surface area is 125 Å². The summed E-state index contributed by atoms with van der Waals surface area (Å²) in [6, 6.07) is 3.36. The van der Waals surface area contributed by atoms with E-state index in [-0.39, 0.29) is 6.10 Å². The number of rotatable bonds is 2. The lowest BCUT2D eigenvalue weighted by Crippen LogP contribution is -2.34. The van der Waals surface area contributed by atoms with Crippen molar-refractivity contribution in [3.05, 3.63) is 22.2 Å². The smallest absolute Gasteiger partial charge is 0.144 e. The molecule has 1 aromatic carbocycles. The molecule has 1 aliphatic carbocycles. The van der Waals surface area contributed by atoms with Crippen molar-refractivity contribution in [1.29, 1.82) is 0 Å². The second kappa shape index (κ2) is 5.41. The number of benzene rings is 1. The van der Waals surface area contributed by atoms with Gasteiger partial charge in [0.2, 0.25) is 0 Å². The first-order chi connectivity index (χ1) is 8.77. The van der Waals surface area contributed by atoms with Crippen LogP contribution >= 0.6 is 23.2 Å². The van der Waals surface area contributed by atoms with Gasteiger partial charge in [-0.25, -0.2) is 0 Å². The zero-order valence-corrected chi connectivity index (χ0v) is 13.2. The maximum Gasteiger partial charge on any atom is 0.144 e. The molecule has 1 fully saturated rings. The zero-order chi connectivity index (χ0) is 14.2. The molecule has 0 radical (unpaired) electrons. The van der Waals surface area contributed by atoms with E-state index < -0.39 is 0 Å². The summed E-state index contributed by atoms with van der Waals surface area (Å²) in [5.74, 6) is 1.31. The van der Waals surface area contributed by atoms with E-state index in [9.17, 15) is 0 Å². The Balaban J connectivity index is 2.15. The number of nitrogens with two attached hydrogens (primary N) is 1. The van der Waals surface area contributed by atoms with Crippen molar-refractivity contribution in [1.82, 2.24) is 0 Å². The summed E-state index contributed by atoms with van der Waals surface area (Å²) >= 11 is 12.0. The highest BCUT2D eigenvalue weighted by molar-refractivity contribution is 6.42. The number of ether oxygens (including phenoxy) is 1. The van der Waals surface area contributed by atoms with Crippen LogP contribution in [0.15, 0.2) is 12.1 Å². The lowest BCUT2D eigenvalue weighted by Gasteiger charge is -2.39. The zero-order valence-electron chi connectivity index (χ0n) is 11.7. The average Bonchev–Trinajstić information content (AvgIpc) is 2.22. The molecule has 2 N–H and O–H groups in total. The summed E-state index contributed by atoms with van der Waals surface area (Å²) < 4.78 is 6.06. The first-order valence-corrected chi connectivity index (χ1v) is 7.43. The molecule has 2 rings (SSSR count). The largest absolute Gasteiger partial charge is 0.488 e. The highest BCUT2D eigenvalue weighted by atomic mass is 35.5. The first kappa shape index (κ1) is 14.8. The Morgan fingerprint density at radius 1 is 1.21 bits per heavy atom. The van der Waals surface area contributed by atoms with Gasteiger partial charge in [0.1, 0.15) is 5.75 Å². The van der Waals surface area contributed by atoms with Crippen molar-refractivity contribution in [2.75, 3.05) is 5.73 Å². The molecular formula is C15H21Cl2NO. The molecule has 19 heavy (non-hydrogen) atoms. The minimum Gasteiger partial charge on any atom is -0.488 e. The van der Waals surface area contributed by atoms with Crippen LogP contribution in [0.5, 0.6) is 5.75 Å².